The van der Waals surface area contributed by atoms with Gasteiger partial charge in [-0.3, -0.25) is 30.2 Å². The molecular weight excluding hydrogens is 336 g/mol. The number of nitrogens with one attached hydrogen (secondary N) is 2. The Labute approximate surface area is 151 Å². The summed E-state index contributed by atoms with van der Waals surface area (Å²) in [7, 11) is 0. The lowest BCUT2D eigenvalue weighted by atomic mass is 10.2. The molecule has 0 saturated carbocycles. The van der Waals surface area contributed by atoms with E-state index in [0.29, 0.717) is 12.1 Å². The highest BCUT2D eigenvalue weighted by atomic mass is 32.1. The average molecular weight is 358 g/mol. The summed E-state index contributed by atoms with van der Waals surface area (Å²) in [5.41, 5.74) is 5.45. The molecule has 2 N–H and O–H groups in total. The maximum atomic E-state index is 12.0. The molecule has 2 aromatic rings. The number of hydrazine groups is 1. The van der Waals surface area contributed by atoms with Crippen LogP contribution in [0.25, 0.3) is 0 Å². The monoisotopic (exact) mass is 358 g/mol. The number of carbonyl (C=O) groups is 2. The smallest absolute Gasteiger partial charge is 0.269 e. The van der Waals surface area contributed by atoms with Crippen LogP contribution >= 0.6 is 11.3 Å². The summed E-state index contributed by atoms with van der Waals surface area (Å²) >= 11 is 1.78. The second-order valence-corrected chi connectivity index (χ2v) is 7.03. The van der Waals surface area contributed by atoms with Gasteiger partial charge in [-0.25, -0.2) is 0 Å². The number of hydrogen-bond acceptors (Lipinski definition) is 5. The van der Waals surface area contributed by atoms with E-state index in [2.05, 4.69) is 38.2 Å². The first-order valence-electron chi connectivity index (χ1n) is 8.32. The van der Waals surface area contributed by atoms with Crippen molar-refractivity contribution in [3.63, 3.8) is 0 Å². The molecule has 132 valence electrons. The maximum Gasteiger partial charge on any atom is 0.269 e. The average Bonchev–Trinajstić information content (AvgIpc) is 3.15. The van der Waals surface area contributed by atoms with Crippen LogP contribution in [0.3, 0.4) is 0 Å². The number of nitrogens with zero attached hydrogens (tertiary/aromatic N) is 2. The van der Waals surface area contributed by atoms with Gasteiger partial charge < -0.3 is 0 Å². The van der Waals surface area contributed by atoms with E-state index < -0.39 is 0 Å². The third-order valence-electron chi connectivity index (χ3n) is 4.14. The minimum atomic E-state index is -0.310. The van der Waals surface area contributed by atoms with Gasteiger partial charge in [0.25, 0.3) is 11.8 Å². The van der Waals surface area contributed by atoms with Gasteiger partial charge in [-0.15, -0.1) is 11.3 Å². The standard InChI is InChI=1S/C18H22N4O2S/c23-17(19-20-18(24)15-5-2-1-3-6-15)14-22-10-8-21(9-11-22)13-16-7-4-12-25-16/h1-7,12H,8-11,13-14H2,(H,19,23)(H,20,24). The number of hydrogen-bond donors (Lipinski definition) is 2. The van der Waals surface area contributed by atoms with E-state index in [1.165, 1.54) is 4.88 Å². The van der Waals surface area contributed by atoms with Crippen LogP contribution < -0.4 is 10.9 Å². The van der Waals surface area contributed by atoms with Crippen LogP contribution in [0.5, 0.6) is 0 Å². The van der Waals surface area contributed by atoms with Crippen molar-refractivity contribution in [2.45, 2.75) is 6.54 Å². The Balaban J connectivity index is 1.35. The normalized spacial score (nSPS) is 15.7. The molecule has 0 radical (unpaired) electrons. The molecule has 1 aliphatic rings. The first-order chi connectivity index (χ1) is 12.2. The summed E-state index contributed by atoms with van der Waals surface area (Å²) in [4.78, 5) is 29.8. The van der Waals surface area contributed by atoms with E-state index in [0.717, 1.165) is 32.7 Å². The lowest BCUT2D eigenvalue weighted by molar-refractivity contribution is -0.123. The van der Waals surface area contributed by atoms with Gasteiger partial charge >= 0.3 is 0 Å². The fraction of sp³-hybridized carbons (Fsp3) is 0.333. The molecule has 1 aliphatic heterocycles. The van der Waals surface area contributed by atoms with Gasteiger partial charge in [-0.1, -0.05) is 24.3 Å². The maximum absolute atomic E-state index is 12.0. The number of thiophene rings is 1. The van der Waals surface area contributed by atoms with Crippen molar-refractivity contribution in [1.82, 2.24) is 20.7 Å². The predicted molar refractivity (Wildman–Crippen MR) is 98.1 cm³/mol. The third kappa shape index (κ3) is 5.38. The summed E-state index contributed by atoms with van der Waals surface area (Å²) in [6.07, 6.45) is 0. The van der Waals surface area contributed by atoms with Crippen LogP contribution in [0.2, 0.25) is 0 Å². The van der Waals surface area contributed by atoms with E-state index in [4.69, 9.17) is 0 Å². The molecule has 25 heavy (non-hydrogen) atoms. The van der Waals surface area contributed by atoms with Gasteiger partial charge in [-0.2, -0.15) is 0 Å². The Morgan fingerprint density at radius 1 is 0.920 bits per heavy atom. The Bertz CT molecular complexity index is 682. The van der Waals surface area contributed by atoms with Crippen LogP contribution in [0.15, 0.2) is 47.8 Å². The van der Waals surface area contributed by atoms with E-state index in [-0.39, 0.29) is 11.8 Å². The molecule has 2 heterocycles. The molecular formula is C18H22N4O2S. The lowest BCUT2D eigenvalue weighted by Crippen LogP contribution is -2.51. The SMILES string of the molecule is O=C(CN1CCN(Cc2cccs2)CC1)NNC(=O)c1ccccc1. The topological polar surface area (TPSA) is 64.7 Å². The number of piperazine rings is 1. The molecule has 1 fully saturated rings. The zero-order valence-electron chi connectivity index (χ0n) is 14.0. The highest BCUT2D eigenvalue weighted by molar-refractivity contribution is 7.09. The third-order valence-corrected chi connectivity index (χ3v) is 5.00. The van der Waals surface area contributed by atoms with Crippen molar-refractivity contribution >= 4 is 23.2 Å². The van der Waals surface area contributed by atoms with E-state index in [1.54, 1.807) is 35.6 Å². The Kier molecular flexibility index (Phi) is 6.16. The molecule has 0 bridgehead atoms. The van der Waals surface area contributed by atoms with E-state index >= 15 is 0 Å². The second kappa shape index (κ2) is 8.75. The number of amides is 2. The van der Waals surface area contributed by atoms with E-state index in [9.17, 15) is 9.59 Å². The van der Waals surface area contributed by atoms with Crippen LogP contribution in [-0.2, 0) is 11.3 Å². The molecule has 2 amide bonds. The van der Waals surface area contributed by atoms with Gasteiger partial charge in [0.1, 0.15) is 0 Å². The fourth-order valence-electron chi connectivity index (χ4n) is 2.76. The largest absolute Gasteiger partial charge is 0.296 e. The number of benzene rings is 1. The highest BCUT2D eigenvalue weighted by Crippen LogP contribution is 2.13. The molecule has 0 unspecified atom stereocenters. The molecule has 1 saturated heterocycles. The molecule has 1 aromatic carbocycles. The van der Waals surface area contributed by atoms with Crippen molar-refractivity contribution in [1.29, 1.82) is 0 Å². The minimum Gasteiger partial charge on any atom is -0.296 e. The Morgan fingerprint density at radius 3 is 2.32 bits per heavy atom. The van der Waals surface area contributed by atoms with Gasteiger partial charge in [0.15, 0.2) is 0 Å². The molecule has 0 aliphatic carbocycles. The summed E-state index contributed by atoms with van der Waals surface area (Å²) in [6, 6.07) is 13.0. The first-order valence-corrected chi connectivity index (χ1v) is 9.20. The number of rotatable bonds is 5. The van der Waals surface area contributed by atoms with Crippen molar-refractivity contribution in [3.05, 3.63) is 58.3 Å². The molecule has 0 atom stereocenters. The molecule has 6 nitrogen and oxygen atoms in total. The zero-order chi connectivity index (χ0) is 17.5. The van der Waals surface area contributed by atoms with Crippen molar-refractivity contribution in [2.75, 3.05) is 32.7 Å². The van der Waals surface area contributed by atoms with Crippen LogP contribution in [0.1, 0.15) is 15.2 Å². The summed E-state index contributed by atoms with van der Waals surface area (Å²) < 4.78 is 0. The van der Waals surface area contributed by atoms with Gasteiger partial charge in [0, 0.05) is 43.2 Å². The second-order valence-electron chi connectivity index (χ2n) is 6.00. The van der Waals surface area contributed by atoms with Gasteiger partial charge in [-0.05, 0) is 23.6 Å². The first kappa shape index (κ1) is 17.6. The molecule has 0 spiro atoms. The summed E-state index contributed by atoms with van der Waals surface area (Å²) in [6.45, 7) is 4.87. The minimum absolute atomic E-state index is 0.198. The van der Waals surface area contributed by atoms with Crippen LogP contribution in [0.4, 0.5) is 0 Å². The lowest BCUT2D eigenvalue weighted by Gasteiger charge is -2.33. The highest BCUT2D eigenvalue weighted by Gasteiger charge is 2.19. The molecule has 7 heteroatoms. The quantitative estimate of drug-likeness (QED) is 0.792. The Hall–Kier alpha value is -2.22. The van der Waals surface area contributed by atoms with Crippen LogP contribution in [0, 0.1) is 0 Å². The fourth-order valence-corrected chi connectivity index (χ4v) is 3.51. The zero-order valence-corrected chi connectivity index (χ0v) is 14.8. The van der Waals surface area contributed by atoms with Crippen molar-refractivity contribution < 1.29 is 9.59 Å². The Morgan fingerprint density at radius 2 is 1.64 bits per heavy atom. The van der Waals surface area contributed by atoms with E-state index in [1.807, 2.05) is 6.07 Å². The summed E-state index contributed by atoms with van der Waals surface area (Å²) in [5.74, 6) is -0.509. The van der Waals surface area contributed by atoms with Crippen LogP contribution in [-0.4, -0.2) is 54.3 Å². The summed E-state index contributed by atoms with van der Waals surface area (Å²) in [5, 5.41) is 2.10. The van der Waals surface area contributed by atoms with Crippen molar-refractivity contribution in [3.8, 4) is 0 Å². The van der Waals surface area contributed by atoms with Gasteiger partial charge in [0.2, 0.25) is 0 Å². The van der Waals surface area contributed by atoms with Gasteiger partial charge in [0.05, 0.1) is 6.54 Å². The molecule has 3 rings (SSSR count). The van der Waals surface area contributed by atoms with Crippen molar-refractivity contribution in [2.24, 2.45) is 0 Å². The predicted octanol–water partition coefficient (Wildman–Crippen LogP) is 1.33. The number of carbonyl (C=O) groups excluding carboxylic acids is 2. The molecule has 1 aromatic heterocycles.